The van der Waals surface area contributed by atoms with Crippen molar-refractivity contribution < 1.29 is 14.3 Å². The molecule has 4 heteroatoms. The normalized spacial score (nSPS) is 23.0. The molecule has 1 fully saturated rings. The largest absolute Gasteiger partial charge is 0.493 e. The van der Waals surface area contributed by atoms with E-state index in [0.29, 0.717) is 31.1 Å². The van der Waals surface area contributed by atoms with Gasteiger partial charge in [-0.3, -0.25) is 4.79 Å². The van der Waals surface area contributed by atoms with Gasteiger partial charge in [0.25, 0.3) is 0 Å². The van der Waals surface area contributed by atoms with Crippen LogP contribution in [0.4, 0.5) is 0 Å². The monoisotopic (exact) mass is 249 g/mol. The summed E-state index contributed by atoms with van der Waals surface area (Å²) < 4.78 is 10.8. The zero-order valence-corrected chi connectivity index (χ0v) is 10.6. The van der Waals surface area contributed by atoms with Crippen LogP contribution in [0.25, 0.3) is 0 Å². The highest BCUT2D eigenvalue weighted by Gasteiger charge is 2.33. The van der Waals surface area contributed by atoms with Crippen LogP contribution in [0.2, 0.25) is 0 Å². The molecule has 0 amide bonds. The van der Waals surface area contributed by atoms with Crippen molar-refractivity contribution in [2.75, 3.05) is 19.8 Å². The van der Waals surface area contributed by atoms with Crippen molar-refractivity contribution in [1.82, 2.24) is 0 Å². The number of carbonyl (C=O) groups is 1. The zero-order valence-electron chi connectivity index (χ0n) is 10.6. The summed E-state index contributed by atoms with van der Waals surface area (Å²) in [5.41, 5.74) is 6.49. The van der Waals surface area contributed by atoms with E-state index >= 15 is 0 Å². The second-order valence-electron chi connectivity index (χ2n) is 4.52. The lowest BCUT2D eigenvalue weighted by atomic mass is 9.93. The molecular weight excluding hydrogens is 230 g/mol. The summed E-state index contributed by atoms with van der Waals surface area (Å²) in [5, 5.41) is 0. The Morgan fingerprint density at radius 1 is 1.44 bits per heavy atom. The highest BCUT2D eigenvalue weighted by Crippen LogP contribution is 2.25. The number of hydrogen-bond acceptors (Lipinski definition) is 4. The lowest BCUT2D eigenvalue weighted by Crippen LogP contribution is -2.34. The molecule has 0 spiro atoms. The van der Waals surface area contributed by atoms with Crippen molar-refractivity contribution in [2.24, 2.45) is 11.7 Å². The van der Waals surface area contributed by atoms with Gasteiger partial charge in [0, 0.05) is 6.04 Å². The molecule has 2 unspecified atom stereocenters. The fourth-order valence-corrected chi connectivity index (χ4v) is 2.05. The van der Waals surface area contributed by atoms with E-state index in [1.807, 2.05) is 25.1 Å². The Kier molecular flexibility index (Phi) is 4.33. The van der Waals surface area contributed by atoms with Gasteiger partial charge in [-0.1, -0.05) is 19.1 Å². The average molecular weight is 249 g/mol. The molecule has 4 nitrogen and oxygen atoms in total. The number of hydrogen-bond donors (Lipinski definition) is 1. The minimum absolute atomic E-state index is 0.0201. The van der Waals surface area contributed by atoms with Crippen molar-refractivity contribution in [3.8, 4) is 5.75 Å². The number of Topliss-reactive ketones (excluding diaryl/α,β-unsaturated/α-hetero) is 1. The molecule has 2 rings (SSSR count). The minimum Gasteiger partial charge on any atom is -0.493 e. The summed E-state index contributed by atoms with van der Waals surface area (Å²) in [4.78, 5) is 12.4. The Labute approximate surface area is 107 Å². The smallest absolute Gasteiger partial charge is 0.173 e. The molecule has 2 N–H and O–H groups in total. The van der Waals surface area contributed by atoms with Crippen LogP contribution in [0.1, 0.15) is 23.7 Å². The van der Waals surface area contributed by atoms with E-state index in [1.165, 1.54) is 0 Å². The van der Waals surface area contributed by atoms with Gasteiger partial charge in [0.05, 0.1) is 31.3 Å². The quantitative estimate of drug-likeness (QED) is 0.806. The second-order valence-corrected chi connectivity index (χ2v) is 4.52. The SMILES string of the molecule is CCCOc1ccccc1C(=O)C1COCC1N. The van der Waals surface area contributed by atoms with E-state index in [1.54, 1.807) is 6.07 Å². The van der Waals surface area contributed by atoms with E-state index in [-0.39, 0.29) is 17.7 Å². The van der Waals surface area contributed by atoms with Crippen molar-refractivity contribution in [2.45, 2.75) is 19.4 Å². The number of carbonyl (C=O) groups excluding carboxylic acids is 1. The van der Waals surface area contributed by atoms with Gasteiger partial charge < -0.3 is 15.2 Å². The molecule has 0 aromatic heterocycles. The summed E-state index contributed by atoms with van der Waals surface area (Å²) >= 11 is 0. The van der Waals surface area contributed by atoms with E-state index in [2.05, 4.69) is 0 Å². The number of rotatable bonds is 5. The fourth-order valence-electron chi connectivity index (χ4n) is 2.05. The van der Waals surface area contributed by atoms with Gasteiger partial charge in [-0.25, -0.2) is 0 Å². The summed E-state index contributed by atoms with van der Waals surface area (Å²) in [6.07, 6.45) is 0.911. The van der Waals surface area contributed by atoms with Crippen LogP contribution < -0.4 is 10.5 Å². The first-order valence-corrected chi connectivity index (χ1v) is 6.33. The predicted molar refractivity (Wildman–Crippen MR) is 68.8 cm³/mol. The molecule has 0 bridgehead atoms. The molecule has 1 aromatic carbocycles. The summed E-state index contributed by atoms with van der Waals surface area (Å²) in [5.74, 6) is 0.409. The van der Waals surface area contributed by atoms with Crippen LogP contribution in [0, 0.1) is 5.92 Å². The number of benzene rings is 1. The number of ketones is 1. The Bertz CT molecular complexity index is 419. The maximum Gasteiger partial charge on any atom is 0.173 e. The molecule has 1 aromatic rings. The fraction of sp³-hybridized carbons (Fsp3) is 0.500. The topological polar surface area (TPSA) is 61.5 Å². The Morgan fingerprint density at radius 3 is 2.89 bits per heavy atom. The van der Waals surface area contributed by atoms with E-state index in [0.717, 1.165) is 6.42 Å². The van der Waals surface area contributed by atoms with Crippen LogP contribution in [0.15, 0.2) is 24.3 Å². The van der Waals surface area contributed by atoms with Crippen LogP contribution in [0.3, 0.4) is 0 Å². The molecule has 1 saturated heterocycles. The number of para-hydroxylation sites is 1. The number of nitrogens with two attached hydrogens (primary N) is 1. The van der Waals surface area contributed by atoms with Crippen molar-refractivity contribution in [3.63, 3.8) is 0 Å². The van der Waals surface area contributed by atoms with Crippen molar-refractivity contribution >= 4 is 5.78 Å². The van der Waals surface area contributed by atoms with Gasteiger partial charge in [-0.05, 0) is 18.6 Å². The van der Waals surface area contributed by atoms with Crippen LogP contribution in [-0.4, -0.2) is 31.6 Å². The molecule has 1 aliphatic heterocycles. The van der Waals surface area contributed by atoms with Crippen molar-refractivity contribution in [3.05, 3.63) is 29.8 Å². The first kappa shape index (κ1) is 13.1. The lowest BCUT2D eigenvalue weighted by molar-refractivity contribution is 0.0892. The Hall–Kier alpha value is -1.39. The van der Waals surface area contributed by atoms with E-state index < -0.39 is 0 Å². The standard InChI is InChI=1S/C14H19NO3/c1-2-7-18-13-6-4-3-5-10(13)14(16)11-8-17-9-12(11)15/h3-6,11-12H,2,7-9,15H2,1H3. The third-order valence-corrected chi connectivity index (χ3v) is 3.08. The molecule has 1 heterocycles. The molecule has 18 heavy (non-hydrogen) atoms. The third-order valence-electron chi connectivity index (χ3n) is 3.08. The average Bonchev–Trinajstić information content (AvgIpc) is 2.82. The first-order chi connectivity index (χ1) is 8.74. The summed E-state index contributed by atoms with van der Waals surface area (Å²) in [6, 6.07) is 7.11. The van der Waals surface area contributed by atoms with Crippen LogP contribution >= 0.6 is 0 Å². The highest BCUT2D eigenvalue weighted by molar-refractivity contribution is 6.01. The number of ether oxygens (including phenoxy) is 2. The molecule has 0 radical (unpaired) electrons. The molecule has 0 saturated carbocycles. The van der Waals surface area contributed by atoms with Gasteiger partial charge >= 0.3 is 0 Å². The predicted octanol–water partition coefficient (Wildman–Crippen LogP) is 1.63. The molecule has 0 aliphatic carbocycles. The van der Waals surface area contributed by atoms with Crippen molar-refractivity contribution in [1.29, 1.82) is 0 Å². The Morgan fingerprint density at radius 2 is 2.22 bits per heavy atom. The Balaban J connectivity index is 2.18. The van der Waals surface area contributed by atoms with E-state index in [4.69, 9.17) is 15.2 Å². The first-order valence-electron chi connectivity index (χ1n) is 6.33. The maximum atomic E-state index is 12.4. The van der Waals surface area contributed by atoms with Gasteiger partial charge in [0.15, 0.2) is 5.78 Å². The molecule has 1 aliphatic rings. The van der Waals surface area contributed by atoms with E-state index in [9.17, 15) is 4.79 Å². The highest BCUT2D eigenvalue weighted by atomic mass is 16.5. The van der Waals surface area contributed by atoms with Gasteiger partial charge in [0.2, 0.25) is 0 Å². The molecular formula is C14H19NO3. The third kappa shape index (κ3) is 2.71. The van der Waals surface area contributed by atoms with Gasteiger partial charge in [-0.2, -0.15) is 0 Å². The van der Waals surface area contributed by atoms with Crippen LogP contribution in [0.5, 0.6) is 5.75 Å². The zero-order chi connectivity index (χ0) is 13.0. The maximum absolute atomic E-state index is 12.4. The van der Waals surface area contributed by atoms with Crippen LogP contribution in [-0.2, 0) is 4.74 Å². The van der Waals surface area contributed by atoms with Gasteiger partial charge in [-0.15, -0.1) is 0 Å². The molecule has 2 atom stereocenters. The lowest BCUT2D eigenvalue weighted by Gasteiger charge is -2.15. The molecule has 98 valence electrons. The van der Waals surface area contributed by atoms with Gasteiger partial charge in [0.1, 0.15) is 5.75 Å². The summed E-state index contributed by atoms with van der Waals surface area (Å²) in [6.45, 7) is 3.50. The summed E-state index contributed by atoms with van der Waals surface area (Å²) in [7, 11) is 0. The second kappa shape index (κ2) is 5.98. The minimum atomic E-state index is -0.253.